The zero-order chi connectivity index (χ0) is 20.5. The van der Waals surface area contributed by atoms with Crippen LogP contribution < -0.4 is 0 Å². The Bertz CT molecular complexity index is 1090. The Hall–Kier alpha value is -2.63. The quantitative estimate of drug-likeness (QED) is 0.587. The maximum absolute atomic E-state index is 11.6. The third kappa shape index (κ3) is 3.68. The highest BCUT2D eigenvalue weighted by molar-refractivity contribution is 7.86. The predicted octanol–water partition coefficient (Wildman–Crippen LogP) is 5.12. The summed E-state index contributed by atoms with van der Waals surface area (Å²) in [6.07, 6.45) is 0. The van der Waals surface area contributed by atoms with Gasteiger partial charge in [0, 0.05) is 16.9 Å². The molecule has 1 atom stereocenters. The highest BCUT2D eigenvalue weighted by Crippen LogP contribution is 2.41. The molecule has 0 heterocycles. The van der Waals surface area contributed by atoms with Crippen LogP contribution in [-0.4, -0.2) is 18.1 Å². The van der Waals surface area contributed by atoms with Gasteiger partial charge in [-0.1, -0.05) is 87.5 Å². The van der Waals surface area contributed by atoms with Crippen LogP contribution in [0.3, 0.4) is 0 Å². The van der Waals surface area contributed by atoms with E-state index in [0.29, 0.717) is 5.56 Å². The second-order valence-electron chi connectivity index (χ2n) is 7.47. The van der Waals surface area contributed by atoms with Gasteiger partial charge < -0.3 is 5.11 Å². The fourth-order valence-corrected chi connectivity index (χ4v) is 4.33. The van der Waals surface area contributed by atoms with Gasteiger partial charge in [0.2, 0.25) is 0 Å². The largest absolute Gasteiger partial charge is 0.506 e. The Morgan fingerprint density at radius 2 is 1.39 bits per heavy atom. The molecule has 0 aromatic heterocycles. The molecule has 146 valence electrons. The fraction of sp³-hybridized carbons (Fsp3) is 0.217. The molecule has 0 aliphatic heterocycles. The number of hydrogen-bond donors (Lipinski definition) is 2. The van der Waals surface area contributed by atoms with Gasteiger partial charge >= 0.3 is 0 Å². The first-order chi connectivity index (χ1) is 13.1. The Morgan fingerprint density at radius 1 is 0.821 bits per heavy atom. The van der Waals surface area contributed by atoms with E-state index in [4.69, 9.17) is 0 Å². The third-order valence-electron chi connectivity index (χ3n) is 5.37. The molecule has 3 rings (SSSR count). The summed E-state index contributed by atoms with van der Waals surface area (Å²) >= 11 is 0. The predicted molar refractivity (Wildman–Crippen MR) is 110 cm³/mol. The summed E-state index contributed by atoms with van der Waals surface area (Å²) in [5.74, 6) is -0.689. The van der Waals surface area contributed by atoms with Crippen LogP contribution in [0.15, 0.2) is 77.7 Å². The first kappa shape index (κ1) is 20.1. The molecule has 0 aliphatic rings. The number of rotatable bonds is 5. The summed E-state index contributed by atoms with van der Waals surface area (Å²) in [6, 6.07) is 22.5. The number of aromatic hydroxyl groups is 1. The lowest BCUT2D eigenvalue weighted by Gasteiger charge is -2.31. The highest BCUT2D eigenvalue weighted by atomic mass is 32.2. The van der Waals surface area contributed by atoms with E-state index >= 15 is 0 Å². The molecule has 2 N–H and O–H groups in total. The van der Waals surface area contributed by atoms with Crippen molar-refractivity contribution in [3.05, 3.63) is 95.1 Å². The van der Waals surface area contributed by atoms with E-state index in [1.165, 1.54) is 12.1 Å². The van der Waals surface area contributed by atoms with Crippen molar-refractivity contribution in [3.63, 3.8) is 0 Å². The molecular weight excluding hydrogens is 372 g/mol. The van der Waals surface area contributed by atoms with Crippen LogP contribution in [0.5, 0.6) is 5.75 Å². The van der Waals surface area contributed by atoms with Crippen molar-refractivity contribution >= 4 is 10.1 Å². The zero-order valence-corrected chi connectivity index (χ0v) is 16.9. The normalized spacial score (nSPS) is 13.3. The minimum atomic E-state index is -4.50. The number of para-hydroxylation sites is 1. The van der Waals surface area contributed by atoms with Gasteiger partial charge in [-0.05, 0) is 22.8 Å². The average Bonchev–Trinajstić information content (AvgIpc) is 2.67. The highest BCUT2D eigenvalue weighted by Gasteiger charge is 2.29. The molecule has 0 radical (unpaired) electrons. The number of phenols is 1. The van der Waals surface area contributed by atoms with E-state index in [1.807, 2.05) is 43.3 Å². The smallest absolute Gasteiger partial charge is 0.298 e. The molecule has 1 unspecified atom stereocenters. The van der Waals surface area contributed by atoms with Crippen molar-refractivity contribution in [2.75, 3.05) is 0 Å². The molecule has 0 saturated heterocycles. The molecule has 0 spiro atoms. The van der Waals surface area contributed by atoms with E-state index in [-0.39, 0.29) is 11.3 Å². The molecule has 0 aliphatic carbocycles. The van der Waals surface area contributed by atoms with Gasteiger partial charge in [-0.3, -0.25) is 4.55 Å². The van der Waals surface area contributed by atoms with Crippen LogP contribution in [-0.2, 0) is 15.5 Å². The van der Waals surface area contributed by atoms with Crippen LogP contribution in [0.4, 0.5) is 0 Å². The van der Waals surface area contributed by atoms with Crippen molar-refractivity contribution in [2.45, 2.75) is 37.0 Å². The molecule has 0 fully saturated rings. The number of hydrogen-bond acceptors (Lipinski definition) is 3. The Kier molecular flexibility index (Phi) is 5.33. The molecule has 0 saturated carbocycles. The van der Waals surface area contributed by atoms with Crippen LogP contribution in [0.2, 0.25) is 0 Å². The molecule has 28 heavy (non-hydrogen) atoms. The van der Waals surface area contributed by atoms with E-state index < -0.39 is 20.8 Å². The molecule has 5 heteroatoms. The summed E-state index contributed by atoms with van der Waals surface area (Å²) in [6.45, 7) is 6.20. The lowest BCUT2D eigenvalue weighted by Crippen LogP contribution is -2.21. The summed E-state index contributed by atoms with van der Waals surface area (Å²) in [4.78, 5) is -0.475. The van der Waals surface area contributed by atoms with E-state index in [0.717, 1.165) is 16.7 Å². The van der Waals surface area contributed by atoms with Crippen LogP contribution in [0.25, 0.3) is 0 Å². The minimum absolute atomic E-state index is 0.277. The minimum Gasteiger partial charge on any atom is -0.506 e. The number of phenolic OH excluding ortho intramolecular Hbond substituents is 1. The molecule has 4 nitrogen and oxygen atoms in total. The number of benzene rings is 3. The summed E-state index contributed by atoms with van der Waals surface area (Å²) in [5.41, 5.74) is 3.39. The SMILES string of the molecule is CC(c1ccccc1C(C)(C)c1ccccc1)c1cccc(S(=O)(=O)O)c1O. The lowest BCUT2D eigenvalue weighted by atomic mass is 9.73. The summed E-state index contributed by atoms with van der Waals surface area (Å²) < 4.78 is 32.5. The van der Waals surface area contributed by atoms with Crippen molar-refractivity contribution in [1.82, 2.24) is 0 Å². The monoisotopic (exact) mass is 396 g/mol. The van der Waals surface area contributed by atoms with Crippen LogP contribution >= 0.6 is 0 Å². The van der Waals surface area contributed by atoms with Crippen LogP contribution in [0.1, 0.15) is 48.9 Å². The lowest BCUT2D eigenvalue weighted by molar-refractivity contribution is 0.436. The van der Waals surface area contributed by atoms with Crippen LogP contribution in [0, 0.1) is 0 Å². The van der Waals surface area contributed by atoms with Gasteiger partial charge in [0.15, 0.2) is 0 Å². The summed E-state index contributed by atoms with van der Waals surface area (Å²) in [5, 5.41) is 10.5. The van der Waals surface area contributed by atoms with Gasteiger partial charge in [-0.25, -0.2) is 0 Å². The standard InChI is InChI=1S/C23H24O4S/c1-16(19-13-9-15-21(22(19)24)28(25,26)27)18-12-7-8-14-20(18)23(2,3)17-10-5-4-6-11-17/h4-16,24H,1-3H3,(H,25,26,27). The Labute approximate surface area is 166 Å². The van der Waals surface area contributed by atoms with Gasteiger partial charge in [0.1, 0.15) is 10.6 Å². The molecule has 0 amide bonds. The third-order valence-corrected chi connectivity index (χ3v) is 6.26. The first-order valence-corrected chi connectivity index (χ1v) is 10.5. The zero-order valence-electron chi connectivity index (χ0n) is 16.1. The van der Waals surface area contributed by atoms with E-state index in [1.54, 1.807) is 6.07 Å². The molecule has 0 bridgehead atoms. The van der Waals surface area contributed by atoms with Gasteiger partial charge in [0.05, 0.1) is 0 Å². The van der Waals surface area contributed by atoms with Crippen molar-refractivity contribution in [1.29, 1.82) is 0 Å². The molecule has 3 aromatic carbocycles. The van der Waals surface area contributed by atoms with Crippen molar-refractivity contribution in [2.24, 2.45) is 0 Å². The topological polar surface area (TPSA) is 74.6 Å². The average molecular weight is 397 g/mol. The van der Waals surface area contributed by atoms with Crippen molar-refractivity contribution < 1.29 is 18.1 Å². The molecular formula is C23H24O4S. The second kappa shape index (κ2) is 7.41. The van der Waals surface area contributed by atoms with Gasteiger partial charge in [-0.15, -0.1) is 0 Å². The molecule has 3 aromatic rings. The van der Waals surface area contributed by atoms with Gasteiger partial charge in [-0.2, -0.15) is 8.42 Å². The maximum atomic E-state index is 11.6. The fourth-order valence-electron chi connectivity index (χ4n) is 3.72. The first-order valence-electron chi connectivity index (χ1n) is 9.08. The van der Waals surface area contributed by atoms with Crippen molar-refractivity contribution in [3.8, 4) is 5.75 Å². The Balaban J connectivity index is 2.15. The second-order valence-corrected chi connectivity index (χ2v) is 8.86. The Morgan fingerprint density at radius 3 is 2.04 bits per heavy atom. The van der Waals surface area contributed by atoms with E-state index in [9.17, 15) is 18.1 Å². The summed E-state index contributed by atoms with van der Waals surface area (Å²) in [7, 11) is -4.50. The van der Waals surface area contributed by atoms with Gasteiger partial charge in [0.25, 0.3) is 10.1 Å². The maximum Gasteiger partial charge on any atom is 0.298 e. The van der Waals surface area contributed by atoms with E-state index in [2.05, 4.69) is 32.0 Å².